The summed E-state index contributed by atoms with van der Waals surface area (Å²) in [5, 5.41) is 9.14. The van der Waals surface area contributed by atoms with E-state index in [0.717, 1.165) is 0 Å². The Hall–Kier alpha value is -1.89. The van der Waals surface area contributed by atoms with Crippen LogP contribution in [-0.2, 0) is 10.2 Å². The van der Waals surface area contributed by atoms with Gasteiger partial charge in [-0.1, -0.05) is 0 Å². The lowest BCUT2D eigenvalue weighted by Crippen LogP contribution is -2.40. The summed E-state index contributed by atoms with van der Waals surface area (Å²) < 4.78 is 18.2. The van der Waals surface area contributed by atoms with Crippen LogP contribution in [0.5, 0.6) is 5.75 Å². The Bertz CT molecular complexity index is 482. The number of hydrogen-bond donors (Lipinski definition) is 0. The molecule has 0 amide bonds. The van der Waals surface area contributed by atoms with Crippen molar-refractivity contribution in [3.05, 3.63) is 29.6 Å². The van der Waals surface area contributed by atoms with E-state index >= 15 is 0 Å². The van der Waals surface area contributed by atoms with Crippen LogP contribution in [0.2, 0.25) is 0 Å². The van der Waals surface area contributed by atoms with E-state index in [-0.39, 0.29) is 18.6 Å². The van der Waals surface area contributed by atoms with Gasteiger partial charge in [0.1, 0.15) is 17.3 Å². The van der Waals surface area contributed by atoms with Crippen molar-refractivity contribution in [3.8, 4) is 11.8 Å². The summed E-state index contributed by atoms with van der Waals surface area (Å²) >= 11 is 0. The fourth-order valence-electron chi connectivity index (χ4n) is 2.01. The second-order valence-electron chi connectivity index (χ2n) is 3.93. The average molecular weight is 219 g/mol. The van der Waals surface area contributed by atoms with Gasteiger partial charge in [0.15, 0.2) is 0 Å². The number of hydrogen-bond acceptors (Lipinski definition) is 3. The van der Waals surface area contributed by atoms with Crippen molar-refractivity contribution < 1.29 is 13.9 Å². The summed E-state index contributed by atoms with van der Waals surface area (Å²) in [5.41, 5.74) is -0.429. The molecular formula is C12H10FNO2. The van der Waals surface area contributed by atoms with Crippen molar-refractivity contribution in [2.45, 2.75) is 18.3 Å². The summed E-state index contributed by atoms with van der Waals surface area (Å²) in [6, 6.07) is 6.12. The van der Waals surface area contributed by atoms with Crippen LogP contribution in [0.25, 0.3) is 0 Å². The van der Waals surface area contributed by atoms with Gasteiger partial charge in [-0.2, -0.15) is 5.26 Å². The number of nitrogens with zero attached hydrogens (tertiary/aromatic N) is 1. The van der Waals surface area contributed by atoms with E-state index in [1.165, 1.54) is 25.3 Å². The minimum atomic E-state index is -0.898. The van der Waals surface area contributed by atoms with Crippen molar-refractivity contribution in [2.24, 2.45) is 0 Å². The van der Waals surface area contributed by atoms with Crippen LogP contribution in [0.3, 0.4) is 0 Å². The second-order valence-corrected chi connectivity index (χ2v) is 3.93. The Morgan fingerprint density at radius 3 is 2.69 bits per heavy atom. The molecule has 0 heterocycles. The van der Waals surface area contributed by atoms with E-state index in [1.807, 2.05) is 0 Å². The lowest BCUT2D eigenvalue weighted by atomic mass is 9.64. The zero-order valence-corrected chi connectivity index (χ0v) is 8.79. The predicted molar refractivity (Wildman–Crippen MR) is 54.5 cm³/mol. The Balaban J connectivity index is 2.50. The lowest BCUT2D eigenvalue weighted by molar-refractivity contribution is -0.126. The van der Waals surface area contributed by atoms with Crippen molar-refractivity contribution in [1.82, 2.24) is 0 Å². The van der Waals surface area contributed by atoms with Gasteiger partial charge in [-0.05, 0) is 18.2 Å². The van der Waals surface area contributed by atoms with E-state index in [1.54, 1.807) is 0 Å². The third kappa shape index (κ3) is 1.45. The highest BCUT2D eigenvalue weighted by Gasteiger charge is 2.47. The number of methoxy groups -OCH3 is 1. The Kier molecular flexibility index (Phi) is 2.39. The first-order valence-corrected chi connectivity index (χ1v) is 4.88. The van der Waals surface area contributed by atoms with Crippen LogP contribution in [0.1, 0.15) is 18.4 Å². The first-order chi connectivity index (χ1) is 7.61. The molecule has 1 aromatic carbocycles. The van der Waals surface area contributed by atoms with Gasteiger partial charge in [0, 0.05) is 18.4 Å². The fourth-order valence-corrected chi connectivity index (χ4v) is 2.01. The van der Waals surface area contributed by atoms with Crippen LogP contribution in [0, 0.1) is 17.1 Å². The maximum absolute atomic E-state index is 13.2. The molecule has 1 saturated carbocycles. The van der Waals surface area contributed by atoms with Gasteiger partial charge in [-0.15, -0.1) is 0 Å². The van der Waals surface area contributed by atoms with E-state index < -0.39 is 11.2 Å². The highest BCUT2D eigenvalue weighted by atomic mass is 19.1. The standard InChI is InChI=1S/C12H10FNO2/c1-16-11-3-2-8(13)4-10(11)12(7-14)5-9(15)6-12/h2-4H,5-6H2,1H3. The highest BCUT2D eigenvalue weighted by Crippen LogP contribution is 2.44. The van der Waals surface area contributed by atoms with Crippen molar-refractivity contribution in [1.29, 1.82) is 5.26 Å². The topological polar surface area (TPSA) is 50.1 Å². The molecule has 0 aromatic heterocycles. The third-order valence-corrected chi connectivity index (χ3v) is 2.89. The molecule has 3 nitrogen and oxygen atoms in total. The maximum atomic E-state index is 13.2. The molecule has 1 aliphatic carbocycles. The van der Waals surface area contributed by atoms with Crippen LogP contribution in [0.4, 0.5) is 4.39 Å². The Morgan fingerprint density at radius 1 is 1.50 bits per heavy atom. The Labute approximate surface area is 92.4 Å². The number of ketones is 1. The molecule has 0 N–H and O–H groups in total. The van der Waals surface area contributed by atoms with Crippen LogP contribution in [0.15, 0.2) is 18.2 Å². The number of rotatable bonds is 2. The average Bonchev–Trinajstić information content (AvgIpc) is 2.24. The molecule has 0 atom stereocenters. The van der Waals surface area contributed by atoms with Gasteiger partial charge in [-0.25, -0.2) is 4.39 Å². The van der Waals surface area contributed by atoms with E-state index in [0.29, 0.717) is 11.3 Å². The number of carbonyl (C=O) groups excluding carboxylic acids is 1. The molecule has 0 bridgehead atoms. The van der Waals surface area contributed by atoms with Gasteiger partial charge >= 0.3 is 0 Å². The van der Waals surface area contributed by atoms with Crippen molar-refractivity contribution in [3.63, 3.8) is 0 Å². The monoisotopic (exact) mass is 219 g/mol. The first kappa shape index (κ1) is 10.6. The van der Waals surface area contributed by atoms with Crippen molar-refractivity contribution in [2.75, 3.05) is 7.11 Å². The van der Waals surface area contributed by atoms with Gasteiger partial charge < -0.3 is 4.74 Å². The van der Waals surface area contributed by atoms with Gasteiger partial charge in [0.2, 0.25) is 0 Å². The Morgan fingerprint density at radius 2 is 2.19 bits per heavy atom. The van der Waals surface area contributed by atoms with Gasteiger partial charge in [0.25, 0.3) is 0 Å². The highest BCUT2D eigenvalue weighted by molar-refractivity contribution is 5.90. The summed E-state index contributed by atoms with van der Waals surface area (Å²) in [6.45, 7) is 0. The SMILES string of the molecule is COc1ccc(F)cc1C1(C#N)CC(=O)C1. The molecule has 0 aliphatic heterocycles. The molecule has 1 aromatic rings. The van der Waals surface area contributed by atoms with Crippen molar-refractivity contribution >= 4 is 5.78 Å². The second kappa shape index (κ2) is 3.60. The molecule has 16 heavy (non-hydrogen) atoms. The number of nitriles is 1. The minimum Gasteiger partial charge on any atom is -0.496 e. The normalized spacial score (nSPS) is 17.4. The number of ether oxygens (including phenoxy) is 1. The van der Waals surface area contributed by atoms with Gasteiger partial charge in [-0.3, -0.25) is 4.79 Å². The summed E-state index contributed by atoms with van der Waals surface area (Å²) in [7, 11) is 1.46. The van der Waals surface area contributed by atoms with E-state index in [9.17, 15) is 9.18 Å². The predicted octanol–water partition coefficient (Wildman–Crippen LogP) is 1.96. The number of benzene rings is 1. The van der Waals surface area contributed by atoms with Crippen LogP contribution >= 0.6 is 0 Å². The zero-order chi connectivity index (χ0) is 11.8. The van der Waals surface area contributed by atoms with E-state index in [2.05, 4.69) is 6.07 Å². The quantitative estimate of drug-likeness (QED) is 0.763. The summed E-state index contributed by atoms with van der Waals surface area (Å²) in [6.07, 6.45) is 0.284. The molecule has 0 radical (unpaired) electrons. The molecule has 0 saturated heterocycles. The van der Waals surface area contributed by atoms with Crippen LogP contribution < -0.4 is 4.74 Å². The number of Topliss-reactive ketones (excluding diaryl/α,β-unsaturated/α-hetero) is 1. The first-order valence-electron chi connectivity index (χ1n) is 4.88. The number of halogens is 1. The molecule has 0 spiro atoms. The van der Waals surface area contributed by atoms with Crippen LogP contribution in [-0.4, -0.2) is 12.9 Å². The minimum absolute atomic E-state index is 0.0212. The zero-order valence-electron chi connectivity index (χ0n) is 8.79. The van der Waals surface area contributed by atoms with E-state index in [4.69, 9.17) is 10.00 Å². The number of carbonyl (C=O) groups is 1. The molecule has 1 aliphatic rings. The molecule has 4 heteroatoms. The summed E-state index contributed by atoms with van der Waals surface area (Å²) in [4.78, 5) is 11.0. The fraction of sp³-hybridized carbons (Fsp3) is 0.333. The third-order valence-electron chi connectivity index (χ3n) is 2.89. The molecule has 1 fully saturated rings. The molecule has 0 unspecified atom stereocenters. The molecular weight excluding hydrogens is 209 g/mol. The summed E-state index contributed by atoms with van der Waals surface area (Å²) in [5.74, 6) is 0.0492. The lowest BCUT2D eigenvalue weighted by Gasteiger charge is -2.34. The largest absolute Gasteiger partial charge is 0.496 e. The smallest absolute Gasteiger partial charge is 0.136 e. The maximum Gasteiger partial charge on any atom is 0.136 e. The molecule has 2 rings (SSSR count). The van der Waals surface area contributed by atoms with Gasteiger partial charge in [0.05, 0.1) is 18.6 Å². The molecule has 82 valence electrons.